The van der Waals surface area contributed by atoms with Gasteiger partial charge in [-0.2, -0.15) is 0 Å². The van der Waals surface area contributed by atoms with E-state index in [4.69, 9.17) is 0 Å². The molecule has 1 aromatic carbocycles. The number of halogens is 2. The van der Waals surface area contributed by atoms with Crippen molar-refractivity contribution in [3.63, 3.8) is 0 Å². The second-order valence-electron chi connectivity index (χ2n) is 6.61. The molecule has 3 fully saturated rings. The first kappa shape index (κ1) is 12.3. The quantitative estimate of drug-likeness (QED) is 0.897. The molecule has 0 saturated heterocycles. The Morgan fingerprint density at radius 1 is 1.21 bits per heavy atom. The Kier molecular flexibility index (Phi) is 2.79. The molecule has 1 aromatic rings. The third kappa shape index (κ3) is 1.97. The Labute approximate surface area is 121 Å². The van der Waals surface area contributed by atoms with Crippen LogP contribution in [0.2, 0.25) is 0 Å². The fraction of sp³-hybridized carbons (Fsp3) is 0.625. The molecule has 5 atom stereocenters. The predicted octanol–water partition coefficient (Wildman–Crippen LogP) is 3.78. The summed E-state index contributed by atoms with van der Waals surface area (Å²) < 4.78 is 14.1. The Balaban J connectivity index is 1.46. The average molecular weight is 325 g/mol. The lowest BCUT2D eigenvalue weighted by Gasteiger charge is -2.15. The monoisotopic (exact) mass is 324 g/mol. The van der Waals surface area contributed by atoms with Crippen LogP contribution in [0.3, 0.4) is 0 Å². The summed E-state index contributed by atoms with van der Waals surface area (Å²) in [7, 11) is 0. The average Bonchev–Trinajstić information content (AvgIpc) is 2.78. The van der Waals surface area contributed by atoms with Gasteiger partial charge < -0.3 is 5.11 Å². The predicted molar refractivity (Wildman–Crippen MR) is 75.1 cm³/mol. The van der Waals surface area contributed by atoms with E-state index in [1.165, 1.54) is 25.3 Å². The first-order chi connectivity index (χ1) is 9.13. The van der Waals surface area contributed by atoms with Crippen molar-refractivity contribution in [1.82, 2.24) is 0 Å². The van der Waals surface area contributed by atoms with Crippen LogP contribution in [0.25, 0.3) is 0 Å². The van der Waals surface area contributed by atoms with Crippen LogP contribution in [0.1, 0.15) is 24.8 Å². The van der Waals surface area contributed by atoms with Crippen LogP contribution in [0.4, 0.5) is 4.39 Å². The number of rotatable bonds is 3. The molecule has 3 aliphatic carbocycles. The van der Waals surface area contributed by atoms with Crippen molar-refractivity contribution in [3.8, 4) is 0 Å². The molecule has 1 nitrogen and oxygen atoms in total. The van der Waals surface area contributed by atoms with Crippen LogP contribution >= 0.6 is 15.9 Å². The highest BCUT2D eigenvalue weighted by molar-refractivity contribution is 9.10. The molecule has 19 heavy (non-hydrogen) atoms. The van der Waals surface area contributed by atoms with Gasteiger partial charge >= 0.3 is 0 Å². The second kappa shape index (κ2) is 4.29. The molecule has 3 saturated carbocycles. The highest BCUT2D eigenvalue weighted by Gasteiger charge is 2.66. The lowest BCUT2D eigenvalue weighted by molar-refractivity contribution is 0.128. The van der Waals surface area contributed by atoms with Crippen LogP contribution in [-0.4, -0.2) is 11.2 Å². The molecule has 0 aromatic heterocycles. The minimum Gasteiger partial charge on any atom is -0.392 e. The summed E-state index contributed by atoms with van der Waals surface area (Å²) in [5.41, 5.74) is 0.900. The molecule has 4 rings (SSSR count). The summed E-state index contributed by atoms with van der Waals surface area (Å²) in [5.74, 6) is 3.60. The molecule has 1 N–H and O–H groups in total. The maximum Gasteiger partial charge on any atom is 0.124 e. The van der Waals surface area contributed by atoms with E-state index in [2.05, 4.69) is 15.9 Å². The van der Waals surface area contributed by atoms with Gasteiger partial charge in [-0.25, -0.2) is 4.39 Å². The van der Waals surface area contributed by atoms with Crippen LogP contribution in [0, 0.1) is 35.4 Å². The van der Waals surface area contributed by atoms with E-state index in [0.717, 1.165) is 33.7 Å². The molecule has 0 aliphatic heterocycles. The van der Waals surface area contributed by atoms with Gasteiger partial charge in [-0.1, -0.05) is 15.9 Å². The Hall–Kier alpha value is -0.410. The number of hydrogen-bond donors (Lipinski definition) is 1. The molecular formula is C16H18BrFO. The van der Waals surface area contributed by atoms with Gasteiger partial charge in [-0.3, -0.25) is 0 Å². The van der Waals surface area contributed by atoms with E-state index in [9.17, 15) is 9.50 Å². The second-order valence-corrected chi connectivity index (χ2v) is 7.53. The van der Waals surface area contributed by atoms with Gasteiger partial charge in [0.1, 0.15) is 5.82 Å². The van der Waals surface area contributed by atoms with Crippen molar-refractivity contribution in [2.75, 3.05) is 0 Å². The topological polar surface area (TPSA) is 20.2 Å². The van der Waals surface area contributed by atoms with Gasteiger partial charge in [-0.05, 0) is 79.0 Å². The summed E-state index contributed by atoms with van der Waals surface area (Å²) in [6, 6.07) is 4.92. The van der Waals surface area contributed by atoms with Crippen LogP contribution in [-0.2, 0) is 6.42 Å². The van der Waals surface area contributed by atoms with Crippen molar-refractivity contribution in [2.24, 2.45) is 29.6 Å². The van der Waals surface area contributed by atoms with Gasteiger partial charge in [-0.15, -0.1) is 0 Å². The zero-order chi connectivity index (χ0) is 13.1. The van der Waals surface area contributed by atoms with E-state index >= 15 is 0 Å². The van der Waals surface area contributed by atoms with Gasteiger partial charge in [0.2, 0.25) is 0 Å². The SMILES string of the molecule is OC(Cc1cc(F)cc(Br)c1)C1C2C3CCC(C3)C12. The molecule has 102 valence electrons. The number of aliphatic hydroxyl groups excluding tert-OH is 1. The number of fused-ring (bicyclic) bond motifs is 5. The largest absolute Gasteiger partial charge is 0.392 e. The molecule has 0 radical (unpaired) electrons. The van der Waals surface area contributed by atoms with Crippen LogP contribution in [0.5, 0.6) is 0 Å². The molecule has 0 heterocycles. The third-order valence-electron chi connectivity index (χ3n) is 5.61. The van der Waals surface area contributed by atoms with Crippen molar-refractivity contribution in [1.29, 1.82) is 0 Å². The molecule has 3 heteroatoms. The third-order valence-corrected chi connectivity index (χ3v) is 6.06. The first-order valence-corrected chi connectivity index (χ1v) is 8.06. The first-order valence-electron chi connectivity index (χ1n) is 7.26. The molecule has 0 spiro atoms. The zero-order valence-electron chi connectivity index (χ0n) is 10.7. The van der Waals surface area contributed by atoms with E-state index in [-0.39, 0.29) is 11.9 Å². The van der Waals surface area contributed by atoms with E-state index < -0.39 is 0 Å². The summed E-state index contributed by atoms with van der Waals surface area (Å²) in [5, 5.41) is 10.5. The van der Waals surface area contributed by atoms with E-state index in [0.29, 0.717) is 12.3 Å². The zero-order valence-corrected chi connectivity index (χ0v) is 12.3. The lowest BCUT2D eigenvalue weighted by atomic mass is 9.95. The standard InChI is InChI=1S/C16H18BrFO/c17-11-3-8(4-12(18)7-11)5-13(19)16-14-9-1-2-10(6-9)15(14)16/h3-4,7,9-10,13-16,19H,1-2,5-6H2. The van der Waals surface area contributed by atoms with Gasteiger partial charge in [0.15, 0.2) is 0 Å². The van der Waals surface area contributed by atoms with E-state index in [1.807, 2.05) is 6.07 Å². The van der Waals surface area contributed by atoms with Crippen molar-refractivity contribution < 1.29 is 9.50 Å². The highest BCUT2D eigenvalue weighted by Crippen LogP contribution is 2.70. The molecular weight excluding hydrogens is 307 g/mol. The fourth-order valence-electron chi connectivity index (χ4n) is 5.01. The van der Waals surface area contributed by atoms with Crippen molar-refractivity contribution in [3.05, 3.63) is 34.1 Å². The smallest absolute Gasteiger partial charge is 0.124 e. The minimum absolute atomic E-state index is 0.229. The normalized spacial score (nSPS) is 40.3. The lowest BCUT2D eigenvalue weighted by Crippen LogP contribution is -2.18. The number of hydrogen-bond acceptors (Lipinski definition) is 1. The summed E-state index contributed by atoms with van der Waals surface area (Å²) in [4.78, 5) is 0. The number of aliphatic hydroxyl groups is 1. The Bertz CT molecular complexity index is 481. The Morgan fingerprint density at radius 3 is 2.53 bits per heavy atom. The molecule has 5 unspecified atom stereocenters. The van der Waals surface area contributed by atoms with Crippen LogP contribution < -0.4 is 0 Å². The maximum atomic E-state index is 13.3. The van der Waals surface area contributed by atoms with E-state index in [1.54, 1.807) is 6.07 Å². The molecule has 3 aliphatic rings. The van der Waals surface area contributed by atoms with Crippen molar-refractivity contribution in [2.45, 2.75) is 31.8 Å². The van der Waals surface area contributed by atoms with Crippen LogP contribution in [0.15, 0.2) is 22.7 Å². The van der Waals surface area contributed by atoms with Gasteiger partial charge in [0, 0.05) is 4.47 Å². The molecule has 0 amide bonds. The summed E-state index contributed by atoms with van der Waals surface area (Å²) in [6.45, 7) is 0. The maximum absolute atomic E-state index is 13.3. The minimum atomic E-state index is -0.285. The molecule has 2 bridgehead atoms. The van der Waals surface area contributed by atoms with Gasteiger partial charge in [0.05, 0.1) is 6.10 Å². The Morgan fingerprint density at radius 2 is 1.89 bits per heavy atom. The fourth-order valence-corrected chi connectivity index (χ4v) is 5.53. The number of benzene rings is 1. The van der Waals surface area contributed by atoms with Gasteiger partial charge in [0.25, 0.3) is 0 Å². The summed E-state index contributed by atoms with van der Waals surface area (Å²) >= 11 is 3.31. The van der Waals surface area contributed by atoms with Crippen molar-refractivity contribution >= 4 is 15.9 Å². The highest BCUT2D eigenvalue weighted by atomic mass is 79.9. The summed E-state index contributed by atoms with van der Waals surface area (Å²) in [6.07, 6.45) is 4.46.